The van der Waals surface area contributed by atoms with E-state index in [0.717, 1.165) is 0 Å². The first-order valence-electron chi connectivity index (χ1n) is 9.78. The Morgan fingerprint density at radius 3 is 2.52 bits per heavy atom. The molecule has 0 aliphatic carbocycles. The van der Waals surface area contributed by atoms with Crippen LogP contribution in [0.2, 0.25) is 5.02 Å². The van der Waals surface area contributed by atoms with Gasteiger partial charge >= 0.3 is 12.1 Å². The second-order valence-corrected chi connectivity index (χ2v) is 8.48. The summed E-state index contributed by atoms with van der Waals surface area (Å²) in [5, 5.41) is 9.78. The zero-order valence-electron chi connectivity index (χ0n) is 16.8. The van der Waals surface area contributed by atoms with Gasteiger partial charge < -0.3 is 10.0 Å². The SMILES string of the molecule is C[C@]1(CC(=O)O)CC[C@@H](c2ccc(Cl)cc2)N([C@@H](CC(F)(F)F)c2ccccn2)C1=O. The van der Waals surface area contributed by atoms with Crippen molar-refractivity contribution < 1.29 is 27.9 Å². The highest BCUT2D eigenvalue weighted by Crippen LogP contribution is 2.48. The van der Waals surface area contributed by atoms with Crippen molar-refractivity contribution >= 4 is 23.5 Å². The first-order valence-corrected chi connectivity index (χ1v) is 10.2. The fourth-order valence-corrected chi connectivity index (χ4v) is 4.29. The maximum atomic E-state index is 13.6. The van der Waals surface area contributed by atoms with Gasteiger partial charge in [-0.1, -0.05) is 36.7 Å². The second kappa shape index (κ2) is 8.86. The molecular weight excluding hydrogens is 433 g/mol. The molecule has 0 bridgehead atoms. The minimum Gasteiger partial charge on any atom is -0.481 e. The number of aromatic nitrogens is 1. The van der Waals surface area contributed by atoms with Gasteiger partial charge in [0.15, 0.2) is 0 Å². The van der Waals surface area contributed by atoms with E-state index < -0.39 is 48.4 Å². The molecule has 1 aliphatic heterocycles. The van der Waals surface area contributed by atoms with Crippen molar-refractivity contribution in [1.29, 1.82) is 0 Å². The van der Waals surface area contributed by atoms with Crippen LogP contribution in [0.4, 0.5) is 13.2 Å². The third-order valence-electron chi connectivity index (χ3n) is 5.64. The van der Waals surface area contributed by atoms with Crippen LogP contribution < -0.4 is 0 Å². The highest BCUT2D eigenvalue weighted by molar-refractivity contribution is 6.30. The molecule has 0 spiro atoms. The van der Waals surface area contributed by atoms with Crippen molar-refractivity contribution in [1.82, 2.24) is 9.88 Å². The number of nitrogens with zero attached hydrogens (tertiary/aromatic N) is 2. The highest BCUT2D eigenvalue weighted by Gasteiger charge is 2.50. The monoisotopic (exact) mass is 454 g/mol. The Morgan fingerprint density at radius 2 is 1.97 bits per heavy atom. The molecule has 3 atom stereocenters. The number of rotatable bonds is 6. The van der Waals surface area contributed by atoms with Gasteiger partial charge in [-0.2, -0.15) is 13.2 Å². The number of carbonyl (C=O) groups excluding carboxylic acids is 1. The summed E-state index contributed by atoms with van der Waals surface area (Å²) in [5.41, 5.74) is -0.571. The van der Waals surface area contributed by atoms with Gasteiger partial charge in [-0.25, -0.2) is 0 Å². The molecular formula is C22H22ClF3N2O3. The molecule has 1 fully saturated rings. The van der Waals surface area contributed by atoms with Gasteiger partial charge in [0, 0.05) is 11.2 Å². The van der Waals surface area contributed by atoms with Crippen molar-refractivity contribution in [2.24, 2.45) is 5.41 Å². The van der Waals surface area contributed by atoms with Crippen molar-refractivity contribution in [3.8, 4) is 0 Å². The van der Waals surface area contributed by atoms with Crippen LogP contribution in [0.5, 0.6) is 0 Å². The Bertz CT molecular complexity index is 937. The Balaban J connectivity index is 2.12. The molecule has 5 nitrogen and oxygen atoms in total. The number of hydrogen-bond acceptors (Lipinski definition) is 3. The normalized spacial score (nSPS) is 22.9. The van der Waals surface area contributed by atoms with Gasteiger partial charge in [0.2, 0.25) is 5.91 Å². The standard InChI is InChI=1S/C22H22ClF3N2O3/c1-21(13-19(29)30)10-9-17(14-5-7-15(23)8-6-14)28(20(21)31)18(12-22(24,25)26)16-4-2-3-11-27-16/h2-8,11,17-18H,9-10,12-13H2,1H3,(H,29,30)/t17-,18-,21+/m0/s1. The summed E-state index contributed by atoms with van der Waals surface area (Å²) in [7, 11) is 0. The van der Waals surface area contributed by atoms with Crippen molar-refractivity contribution in [2.45, 2.75) is 50.9 Å². The molecule has 1 N–H and O–H groups in total. The van der Waals surface area contributed by atoms with Gasteiger partial charge in [-0.3, -0.25) is 14.6 Å². The Hall–Kier alpha value is -2.61. The van der Waals surface area contributed by atoms with E-state index in [-0.39, 0.29) is 12.1 Å². The lowest BCUT2D eigenvalue weighted by Crippen LogP contribution is -2.51. The van der Waals surface area contributed by atoms with Crippen LogP contribution in [0.25, 0.3) is 0 Å². The summed E-state index contributed by atoms with van der Waals surface area (Å²) >= 11 is 5.96. The molecule has 1 aliphatic rings. The number of likely N-dealkylation sites (tertiary alicyclic amines) is 1. The first kappa shape index (κ1) is 23.1. The third-order valence-corrected chi connectivity index (χ3v) is 5.89. The predicted octanol–water partition coefficient (Wildman–Crippen LogP) is 5.57. The number of amides is 1. The number of carbonyl (C=O) groups is 2. The van der Waals surface area contributed by atoms with Crippen LogP contribution in [0.15, 0.2) is 48.7 Å². The zero-order chi connectivity index (χ0) is 22.8. The average molecular weight is 455 g/mol. The molecule has 2 heterocycles. The van der Waals surface area contributed by atoms with Crippen LogP contribution >= 0.6 is 11.6 Å². The van der Waals surface area contributed by atoms with E-state index in [9.17, 15) is 27.9 Å². The van der Waals surface area contributed by atoms with Crippen LogP contribution in [0, 0.1) is 5.41 Å². The van der Waals surface area contributed by atoms with Crippen molar-refractivity contribution in [2.75, 3.05) is 0 Å². The van der Waals surface area contributed by atoms with Crippen LogP contribution in [0.3, 0.4) is 0 Å². The van der Waals surface area contributed by atoms with Gasteiger partial charge in [0.1, 0.15) is 0 Å². The molecule has 2 aromatic rings. The average Bonchev–Trinajstić information content (AvgIpc) is 2.69. The molecule has 166 valence electrons. The molecule has 0 unspecified atom stereocenters. The molecule has 0 saturated carbocycles. The molecule has 31 heavy (non-hydrogen) atoms. The van der Waals surface area contributed by atoms with E-state index in [2.05, 4.69) is 4.98 Å². The Labute approximate surface area is 182 Å². The lowest BCUT2D eigenvalue weighted by molar-refractivity contribution is -0.172. The van der Waals surface area contributed by atoms with E-state index in [1.54, 1.807) is 36.4 Å². The molecule has 1 amide bonds. The first-order chi connectivity index (χ1) is 14.5. The van der Waals surface area contributed by atoms with Crippen molar-refractivity contribution in [3.63, 3.8) is 0 Å². The predicted molar refractivity (Wildman–Crippen MR) is 108 cm³/mol. The summed E-state index contributed by atoms with van der Waals surface area (Å²) < 4.78 is 40.7. The quantitative estimate of drug-likeness (QED) is 0.619. The molecule has 1 saturated heterocycles. The lowest BCUT2D eigenvalue weighted by atomic mass is 9.74. The van der Waals surface area contributed by atoms with Gasteiger partial charge in [0.05, 0.1) is 36.0 Å². The smallest absolute Gasteiger partial charge is 0.391 e. The van der Waals surface area contributed by atoms with Crippen LogP contribution in [-0.4, -0.2) is 33.0 Å². The molecule has 1 aromatic heterocycles. The van der Waals surface area contributed by atoms with E-state index in [0.29, 0.717) is 17.0 Å². The maximum Gasteiger partial charge on any atom is 0.391 e. The summed E-state index contributed by atoms with van der Waals surface area (Å²) in [5.74, 6) is -1.80. The van der Waals surface area contributed by atoms with E-state index >= 15 is 0 Å². The van der Waals surface area contributed by atoms with E-state index in [1.807, 2.05) is 0 Å². The number of halogens is 4. The number of alkyl halides is 3. The summed E-state index contributed by atoms with van der Waals surface area (Å²) in [6.07, 6.45) is -4.38. The zero-order valence-corrected chi connectivity index (χ0v) is 17.5. The summed E-state index contributed by atoms with van der Waals surface area (Å²) in [6.45, 7) is 1.50. The fraction of sp³-hybridized carbons (Fsp3) is 0.409. The number of hydrogen-bond donors (Lipinski definition) is 1. The Morgan fingerprint density at radius 1 is 1.29 bits per heavy atom. The topological polar surface area (TPSA) is 70.5 Å². The molecule has 0 radical (unpaired) electrons. The molecule has 1 aromatic carbocycles. The number of pyridine rings is 1. The van der Waals surface area contributed by atoms with Crippen LogP contribution in [-0.2, 0) is 9.59 Å². The summed E-state index contributed by atoms with van der Waals surface area (Å²) in [4.78, 5) is 30.3. The van der Waals surface area contributed by atoms with E-state index in [1.165, 1.54) is 24.1 Å². The second-order valence-electron chi connectivity index (χ2n) is 8.04. The Kier molecular flexibility index (Phi) is 6.59. The number of carboxylic acid groups (broad SMARTS) is 1. The van der Waals surface area contributed by atoms with Gasteiger partial charge in [-0.15, -0.1) is 0 Å². The molecule has 3 rings (SSSR count). The number of benzene rings is 1. The minimum absolute atomic E-state index is 0.103. The number of piperidine rings is 1. The van der Waals surface area contributed by atoms with Gasteiger partial charge in [-0.05, 0) is 42.7 Å². The minimum atomic E-state index is -4.56. The largest absolute Gasteiger partial charge is 0.481 e. The van der Waals surface area contributed by atoms with Crippen LogP contribution in [0.1, 0.15) is 55.9 Å². The highest BCUT2D eigenvalue weighted by atomic mass is 35.5. The summed E-state index contributed by atoms with van der Waals surface area (Å²) in [6, 6.07) is 9.13. The van der Waals surface area contributed by atoms with Crippen molar-refractivity contribution in [3.05, 3.63) is 64.9 Å². The van der Waals surface area contributed by atoms with Gasteiger partial charge in [0.25, 0.3) is 0 Å². The lowest BCUT2D eigenvalue weighted by Gasteiger charge is -2.47. The number of aliphatic carboxylic acids is 1. The molecule has 9 heteroatoms. The fourth-order valence-electron chi connectivity index (χ4n) is 4.16. The van der Waals surface area contributed by atoms with E-state index in [4.69, 9.17) is 11.6 Å². The third kappa shape index (κ3) is 5.36. The maximum absolute atomic E-state index is 13.6. The number of carboxylic acids is 1.